The van der Waals surface area contributed by atoms with Crippen molar-refractivity contribution >= 4 is 17.3 Å². The second kappa shape index (κ2) is 3.82. The normalized spacial score (nSPS) is 10.3. The lowest BCUT2D eigenvalue weighted by atomic mass is 10.3. The fraction of sp³-hybridized carbons (Fsp3) is 0.100. The molecule has 15 heavy (non-hydrogen) atoms. The maximum atomic E-state index is 5.85. The van der Waals surface area contributed by atoms with Crippen molar-refractivity contribution in [1.82, 2.24) is 9.78 Å². The largest absolute Gasteiger partial charge is 0.437 e. The van der Waals surface area contributed by atoms with Crippen molar-refractivity contribution in [1.29, 1.82) is 0 Å². The molecule has 1 aromatic heterocycles. The Hall–Kier alpha value is -1.68. The van der Waals surface area contributed by atoms with Crippen molar-refractivity contribution < 1.29 is 4.74 Å². The summed E-state index contributed by atoms with van der Waals surface area (Å²) in [6.45, 7) is 0. The lowest BCUT2D eigenvalue weighted by molar-refractivity contribution is 0.454. The highest BCUT2D eigenvalue weighted by atomic mass is 35.5. The van der Waals surface area contributed by atoms with Crippen LogP contribution in [-0.2, 0) is 7.05 Å². The van der Waals surface area contributed by atoms with Gasteiger partial charge in [0.05, 0.1) is 10.7 Å². The van der Waals surface area contributed by atoms with Crippen molar-refractivity contribution in [3.8, 4) is 11.6 Å². The molecule has 0 saturated heterocycles. The molecule has 0 fully saturated rings. The first-order valence-corrected chi connectivity index (χ1v) is 4.75. The van der Waals surface area contributed by atoms with Crippen LogP contribution in [0.2, 0.25) is 5.02 Å². The van der Waals surface area contributed by atoms with E-state index >= 15 is 0 Å². The number of rotatable bonds is 2. The van der Waals surface area contributed by atoms with Crippen LogP contribution < -0.4 is 10.5 Å². The van der Waals surface area contributed by atoms with Crippen molar-refractivity contribution in [2.24, 2.45) is 7.05 Å². The molecule has 0 amide bonds. The SMILES string of the molecule is Cn1ccc(Oc2ccc(N)c(Cl)c2)n1. The lowest BCUT2D eigenvalue weighted by Crippen LogP contribution is -1.91. The van der Waals surface area contributed by atoms with E-state index < -0.39 is 0 Å². The van der Waals surface area contributed by atoms with Gasteiger partial charge >= 0.3 is 0 Å². The number of aromatic nitrogens is 2. The molecule has 4 nitrogen and oxygen atoms in total. The molecular weight excluding hydrogens is 214 g/mol. The van der Waals surface area contributed by atoms with E-state index in [0.717, 1.165) is 0 Å². The number of hydrogen-bond acceptors (Lipinski definition) is 3. The Morgan fingerprint density at radius 2 is 2.20 bits per heavy atom. The van der Waals surface area contributed by atoms with E-state index in [1.54, 1.807) is 35.1 Å². The molecular formula is C10H10ClN3O. The average molecular weight is 224 g/mol. The number of aryl methyl sites for hydroxylation is 1. The summed E-state index contributed by atoms with van der Waals surface area (Å²) in [6, 6.07) is 6.87. The molecule has 2 rings (SSSR count). The van der Waals surface area contributed by atoms with Gasteiger partial charge in [-0.25, -0.2) is 0 Å². The van der Waals surface area contributed by atoms with Gasteiger partial charge in [-0.2, -0.15) is 0 Å². The number of hydrogen-bond donors (Lipinski definition) is 1. The summed E-state index contributed by atoms with van der Waals surface area (Å²) < 4.78 is 7.12. The number of nitrogens with zero attached hydrogens (tertiary/aromatic N) is 2. The van der Waals surface area contributed by atoms with Gasteiger partial charge in [0.1, 0.15) is 5.75 Å². The molecule has 0 radical (unpaired) electrons. The van der Waals surface area contributed by atoms with Crippen LogP contribution in [0.25, 0.3) is 0 Å². The molecule has 0 unspecified atom stereocenters. The second-order valence-electron chi connectivity index (χ2n) is 3.11. The highest BCUT2D eigenvalue weighted by Crippen LogP contribution is 2.26. The van der Waals surface area contributed by atoms with Crippen molar-refractivity contribution in [3.63, 3.8) is 0 Å². The first-order valence-electron chi connectivity index (χ1n) is 4.37. The van der Waals surface area contributed by atoms with Crippen LogP contribution in [0.5, 0.6) is 11.6 Å². The minimum absolute atomic E-state index is 0.475. The van der Waals surface area contributed by atoms with Gasteiger partial charge in [0, 0.05) is 25.4 Å². The van der Waals surface area contributed by atoms with Crippen LogP contribution in [-0.4, -0.2) is 9.78 Å². The predicted molar refractivity (Wildman–Crippen MR) is 59.1 cm³/mol. The molecule has 1 aromatic carbocycles. The van der Waals surface area contributed by atoms with Gasteiger partial charge in [-0.05, 0) is 12.1 Å². The van der Waals surface area contributed by atoms with Gasteiger partial charge in [0.15, 0.2) is 0 Å². The molecule has 0 aliphatic rings. The third-order valence-corrected chi connectivity index (χ3v) is 2.21. The summed E-state index contributed by atoms with van der Waals surface area (Å²) in [5.41, 5.74) is 6.11. The van der Waals surface area contributed by atoms with Crippen LogP contribution in [0, 0.1) is 0 Å². The number of nitrogen functional groups attached to an aromatic ring is 1. The summed E-state index contributed by atoms with van der Waals surface area (Å²) in [7, 11) is 1.82. The minimum Gasteiger partial charge on any atom is -0.437 e. The zero-order valence-corrected chi connectivity index (χ0v) is 8.90. The standard InChI is InChI=1S/C10H10ClN3O/c1-14-5-4-10(13-14)15-7-2-3-9(12)8(11)6-7/h2-6H,12H2,1H3. The smallest absolute Gasteiger partial charge is 0.238 e. The van der Waals surface area contributed by atoms with E-state index in [9.17, 15) is 0 Å². The Balaban J connectivity index is 2.21. The van der Waals surface area contributed by atoms with Gasteiger partial charge < -0.3 is 10.5 Å². The molecule has 0 saturated carbocycles. The molecule has 0 atom stereocenters. The van der Waals surface area contributed by atoms with Gasteiger partial charge in [0.25, 0.3) is 0 Å². The summed E-state index contributed by atoms with van der Waals surface area (Å²) in [5.74, 6) is 1.14. The van der Waals surface area contributed by atoms with Crippen LogP contribution >= 0.6 is 11.6 Å². The Labute approximate surface area is 92.2 Å². The number of anilines is 1. The highest BCUT2D eigenvalue weighted by molar-refractivity contribution is 6.33. The van der Waals surface area contributed by atoms with E-state index in [0.29, 0.717) is 22.3 Å². The van der Waals surface area contributed by atoms with E-state index in [-0.39, 0.29) is 0 Å². The Morgan fingerprint density at radius 3 is 2.80 bits per heavy atom. The maximum Gasteiger partial charge on any atom is 0.238 e. The van der Waals surface area contributed by atoms with E-state index in [1.165, 1.54) is 0 Å². The summed E-state index contributed by atoms with van der Waals surface area (Å²) >= 11 is 5.85. The third-order valence-electron chi connectivity index (χ3n) is 1.88. The van der Waals surface area contributed by atoms with E-state index in [4.69, 9.17) is 22.1 Å². The topological polar surface area (TPSA) is 53.1 Å². The number of nitrogens with two attached hydrogens (primary N) is 1. The number of halogens is 1. The molecule has 0 aliphatic carbocycles. The van der Waals surface area contributed by atoms with Gasteiger partial charge in [0.2, 0.25) is 5.88 Å². The van der Waals surface area contributed by atoms with Gasteiger partial charge in [-0.1, -0.05) is 11.6 Å². The monoisotopic (exact) mass is 223 g/mol. The van der Waals surface area contributed by atoms with E-state index in [1.807, 2.05) is 7.05 Å². The van der Waals surface area contributed by atoms with Crippen LogP contribution in [0.1, 0.15) is 0 Å². The minimum atomic E-state index is 0.475. The summed E-state index contributed by atoms with van der Waals surface area (Å²) in [4.78, 5) is 0. The average Bonchev–Trinajstić information content (AvgIpc) is 2.58. The zero-order valence-electron chi connectivity index (χ0n) is 8.14. The van der Waals surface area contributed by atoms with Gasteiger partial charge in [-0.3, -0.25) is 4.68 Å². The first kappa shape index (κ1) is 9.86. The second-order valence-corrected chi connectivity index (χ2v) is 3.52. The first-order chi connectivity index (χ1) is 7.15. The molecule has 78 valence electrons. The third kappa shape index (κ3) is 2.22. The van der Waals surface area contributed by atoms with Crippen LogP contribution in [0.3, 0.4) is 0 Å². The van der Waals surface area contributed by atoms with Crippen molar-refractivity contribution in [3.05, 3.63) is 35.5 Å². The summed E-state index contributed by atoms with van der Waals surface area (Å²) in [5, 5.41) is 4.55. The predicted octanol–water partition coefficient (Wildman–Crippen LogP) is 2.45. The molecule has 2 aromatic rings. The Kier molecular flexibility index (Phi) is 2.51. The lowest BCUT2D eigenvalue weighted by Gasteiger charge is -2.03. The van der Waals surface area contributed by atoms with E-state index in [2.05, 4.69) is 5.10 Å². The highest BCUT2D eigenvalue weighted by Gasteiger charge is 2.02. The fourth-order valence-electron chi connectivity index (χ4n) is 1.14. The van der Waals surface area contributed by atoms with Crippen molar-refractivity contribution in [2.45, 2.75) is 0 Å². The molecule has 5 heteroatoms. The van der Waals surface area contributed by atoms with Crippen LogP contribution in [0.15, 0.2) is 30.5 Å². The Bertz CT molecular complexity index is 481. The molecule has 2 N–H and O–H groups in total. The Morgan fingerprint density at radius 1 is 1.40 bits per heavy atom. The zero-order chi connectivity index (χ0) is 10.8. The fourth-order valence-corrected chi connectivity index (χ4v) is 1.31. The maximum absolute atomic E-state index is 5.85. The number of ether oxygens (including phenoxy) is 1. The summed E-state index contributed by atoms with van der Waals surface area (Å²) in [6.07, 6.45) is 1.80. The van der Waals surface area contributed by atoms with Gasteiger partial charge in [-0.15, -0.1) is 5.10 Å². The molecule has 1 heterocycles. The van der Waals surface area contributed by atoms with Crippen LogP contribution in [0.4, 0.5) is 5.69 Å². The number of benzene rings is 1. The molecule has 0 spiro atoms. The molecule has 0 aliphatic heterocycles. The molecule has 0 bridgehead atoms. The van der Waals surface area contributed by atoms with Crippen molar-refractivity contribution in [2.75, 3.05) is 5.73 Å². The quantitative estimate of drug-likeness (QED) is 0.796.